The van der Waals surface area contributed by atoms with Crippen molar-refractivity contribution in [1.29, 1.82) is 0 Å². The van der Waals surface area contributed by atoms with Crippen LogP contribution in [0.25, 0.3) is 0 Å². The van der Waals surface area contributed by atoms with Gasteiger partial charge in [0.15, 0.2) is 22.8 Å². The Balaban J connectivity index is 1.17. The summed E-state index contributed by atoms with van der Waals surface area (Å²) in [7, 11) is 1.81. The highest BCUT2D eigenvalue weighted by atomic mass is 32.2. The first kappa shape index (κ1) is 19.5. The molecule has 1 aromatic carbocycles. The average molecular weight is 430 g/mol. The summed E-state index contributed by atoms with van der Waals surface area (Å²) in [6.07, 6.45) is 4.58. The van der Waals surface area contributed by atoms with Crippen LogP contribution in [0, 0.1) is 0 Å². The quantitative estimate of drug-likeness (QED) is 0.627. The van der Waals surface area contributed by atoms with Crippen molar-refractivity contribution < 1.29 is 14.3 Å². The third-order valence-electron chi connectivity index (χ3n) is 5.74. The van der Waals surface area contributed by atoms with Gasteiger partial charge in [-0.15, -0.1) is 10.2 Å². The molecular formula is C21H27N5O3S. The number of rotatable bonds is 7. The lowest BCUT2D eigenvalue weighted by molar-refractivity contribution is -0.128. The summed E-state index contributed by atoms with van der Waals surface area (Å²) in [6, 6.07) is 8.11. The van der Waals surface area contributed by atoms with Crippen LogP contribution < -0.4 is 14.4 Å². The fourth-order valence-electron chi connectivity index (χ4n) is 3.95. The largest absolute Gasteiger partial charge is 0.486 e. The van der Waals surface area contributed by atoms with Gasteiger partial charge in [-0.2, -0.15) is 0 Å². The summed E-state index contributed by atoms with van der Waals surface area (Å²) in [5, 5.41) is 9.72. The van der Waals surface area contributed by atoms with Crippen LogP contribution in [0.4, 0.5) is 5.95 Å². The van der Waals surface area contributed by atoms with Gasteiger partial charge in [0.1, 0.15) is 6.61 Å². The number of anilines is 1. The molecule has 0 spiro atoms. The number of amides is 1. The van der Waals surface area contributed by atoms with Gasteiger partial charge < -0.3 is 19.3 Å². The van der Waals surface area contributed by atoms with E-state index in [0.717, 1.165) is 35.7 Å². The molecule has 2 fully saturated rings. The zero-order valence-corrected chi connectivity index (χ0v) is 18.0. The number of para-hydroxylation sites is 2. The summed E-state index contributed by atoms with van der Waals surface area (Å²) in [6.45, 7) is 3.02. The van der Waals surface area contributed by atoms with Gasteiger partial charge in [-0.1, -0.05) is 23.9 Å². The average Bonchev–Trinajstić information content (AvgIpc) is 3.28. The summed E-state index contributed by atoms with van der Waals surface area (Å²) in [5.74, 6) is 2.86. The Labute approximate surface area is 180 Å². The number of ether oxygens (including phenoxy) is 2. The fourth-order valence-corrected chi connectivity index (χ4v) is 4.89. The molecule has 3 heterocycles. The lowest BCUT2D eigenvalue weighted by Crippen LogP contribution is -2.42. The Kier molecular flexibility index (Phi) is 5.45. The molecule has 0 radical (unpaired) electrons. The van der Waals surface area contributed by atoms with Crippen LogP contribution in [-0.2, 0) is 4.79 Å². The molecule has 2 aliphatic heterocycles. The van der Waals surface area contributed by atoms with Crippen LogP contribution >= 0.6 is 11.8 Å². The standard InChI is InChI=1S/C21H27N5O3S/c1-24(12-16-13-28-17-6-2-3-7-18(17)29-16)19(27)14-30-21-23-22-20(25-10-4-5-11-25)26(21)15-8-9-15/h2-3,6-7,15-16H,4-5,8-14H2,1H3. The van der Waals surface area contributed by atoms with E-state index in [1.54, 1.807) is 4.90 Å². The fraction of sp³-hybridized carbons (Fsp3) is 0.571. The van der Waals surface area contributed by atoms with Crippen molar-refractivity contribution in [3.63, 3.8) is 0 Å². The third-order valence-corrected chi connectivity index (χ3v) is 6.67. The van der Waals surface area contributed by atoms with E-state index in [-0.39, 0.29) is 12.0 Å². The summed E-state index contributed by atoms with van der Waals surface area (Å²) < 4.78 is 14.0. The van der Waals surface area contributed by atoms with Crippen LogP contribution in [0.15, 0.2) is 29.4 Å². The van der Waals surface area contributed by atoms with Crippen molar-refractivity contribution in [3.05, 3.63) is 24.3 Å². The monoisotopic (exact) mass is 429 g/mol. The molecule has 1 amide bonds. The van der Waals surface area contributed by atoms with Crippen molar-refractivity contribution in [2.75, 3.05) is 43.9 Å². The van der Waals surface area contributed by atoms with Crippen LogP contribution in [-0.4, -0.2) is 70.7 Å². The van der Waals surface area contributed by atoms with Crippen LogP contribution in [0.5, 0.6) is 11.5 Å². The molecule has 9 heteroatoms. The van der Waals surface area contributed by atoms with E-state index in [1.807, 2.05) is 31.3 Å². The number of thioether (sulfide) groups is 1. The number of carbonyl (C=O) groups excluding carboxylic acids is 1. The Hall–Kier alpha value is -2.42. The first-order valence-corrected chi connectivity index (χ1v) is 11.6. The Morgan fingerprint density at radius 2 is 1.97 bits per heavy atom. The number of nitrogens with zero attached hydrogens (tertiary/aromatic N) is 5. The van der Waals surface area contributed by atoms with Crippen molar-refractivity contribution in [2.24, 2.45) is 0 Å². The van der Waals surface area contributed by atoms with E-state index in [2.05, 4.69) is 19.7 Å². The third kappa shape index (κ3) is 4.08. The van der Waals surface area contributed by atoms with Gasteiger partial charge in [0, 0.05) is 26.2 Å². The zero-order valence-electron chi connectivity index (χ0n) is 17.2. The lowest BCUT2D eigenvalue weighted by Gasteiger charge is -2.29. The van der Waals surface area contributed by atoms with E-state index in [0.29, 0.717) is 24.9 Å². The molecule has 160 valence electrons. The second-order valence-corrected chi connectivity index (χ2v) is 9.08. The van der Waals surface area contributed by atoms with Gasteiger partial charge in [0.25, 0.3) is 0 Å². The number of carbonyl (C=O) groups is 1. The normalized spacial score (nSPS) is 20.4. The molecule has 1 aliphatic carbocycles. The molecular weight excluding hydrogens is 402 g/mol. The Bertz CT molecular complexity index is 910. The highest BCUT2D eigenvalue weighted by molar-refractivity contribution is 7.99. The molecule has 30 heavy (non-hydrogen) atoms. The van der Waals surface area contributed by atoms with E-state index < -0.39 is 0 Å². The van der Waals surface area contributed by atoms with Crippen molar-refractivity contribution in [1.82, 2.24) is 19.7 Å². The molecule has 1 unspecified atom stereocenters. The Morgan fingerprint density at radius 1 is 1.20 bits per heavy atom. The minimum atomic E-state index is -0.171. The molecule has 1 saturated carbocycles. The minimum Gasteiger partial charge on any atom is -0.486 e. The minimum absolute atomic E-state index is 0.0514. The SMILES string of the molecule is CN(CC1COc2ccccc2O1)C(=O)CSc1nnc(N2CCCC2)n1C1CC1. The molecule has 1 atom stereocenters. The second-order valence-electron chi connectivity index (χ2n) is 8.14. The number of aromatic nitrogens is 3. The van der Waals surface area contributed by atoms with Gasteiger partial charge >= 0.3 is 0 Å². The van der Waals surface area contributed by atoms with Crippen molar-refractivity contribution >= 4 is 23.6 Å². The zero-order chi connectivity index (χ0) is 20.5. The molecule has 1 aromatic heterocycles. The highest BCUT2D eigenvalue weighted by Crippen LogP contribution is 2.41. The second kappa shape index (κ2) is 8.37. The summed E-state index contributed by atoms with van der Waals surface area (Å²) in [4.78, 5) is 16.8. The van der Waals surface area contributed by atoms with Crippen LogP contribution in [0.1, 0.15) is 31.7 Å². The summed E-state index contributed by atoms with van der Waals surface area (Å²) >= 11 is 1.48. The highest BCUT2D eigenvalue weighted by Gasteiger charge is 2.33. The predicted molar refractivity (Wildman–Crippen MR) is 114 cm³/mol. The number of hydrogen-bond donors (Lipinski definition) is 0. The van der Waals surface area contributed by atoms with Crippen molar-refractivity contribution in [3.8, 4) is 11.5 Å². The maximum atomic E-state index is 12.7. The van der Waals surface area contributed by atoms with E-state index in [4.69, 9.17) is 9.47 Å². The van der Waals surface area contributed by atoms with E-state index in [1.165, 1.54) is 37.4 Å². The van der Waals surface area contributed by atoms with Crippen LogP contribution in [0.2, 0.25) is 0 Å². The first-order chi connectivity index (χ1) is 14.7. The van der Waals surface area contributed by atoms with Gasteiger partial charge in [0.05, 0.1) is 12.3 Å². The van der Waals surface area contributed by atoms with Gasteiger partial charge in [-0.25, -0.2) is 0 Å². The molecule has 5 rings (SSSR count). The molecule has 2 aromatic rings. The van der Waals surface area contributed by atoms with Crippen LogP contribution in [0.3, 0.4) is 0 Å². The molecule has 3 aliphatic rings. The number of fused-ring (bicyclic) bond motifs is 1. The maximum absolute atomic E-state index is 12.7. The van der Waals surface area contributed by atoms with Gasteiger partial charge in [-0.3, -0.25) is 9.36 Å². The number of likely N-dealkylation sites (N-methyl/N-ethyl adjacent to an activating group) is 1. The lowest BCUT2D eigenvalue weighted by atomic mass is 10.2. The predicted octanol–water partition coefficient (Wildman–Crippen LogP) is 2.60. The molecule has 1 saturated heterocycles. The first-order valence-electron chi connectivity index (χ1n) is 10.6. The maximum Gasteiger partial charge on any atom is 0.232 e. The van der Waals surface area contributed by atoms with E-state index >= 15 is 0 Å². The Morgan fingerprint density at radius 3 is 2.73 bits per heavy atom. The van der Waals surface area contributed by atoms with Gasteiger partial charge in [0.2, 0.25) is 11.9 Å². The number of benzene rings is 1. The molecule has 8 nitrogen and oxygen atoms in total. The molecule has 0 bridgehead atoms. The smallest absolute Gasteiger partial charge is 0.232 e. The topological polar surface area (TPSA) is 72.7 Å². The van der Waals surface area contributed by atoms with E-state index in [9.17, 15) is 4.79 Å². The number of hydrogen-bond acceptors (Lipinski definition) is 7. The van der Waals surface area contributed by atoms with Crippen molar-refractivity contribution in [2.45, 2.75) is 43.0 Å². The van der Waals surface area contributed by atoms with Gasteiger partial charge in [-0.05, 0) is 37.8 Å². The summed E-state index contributed by atoms with van der Waals surface area (Å²) in [5.41, 5.74) is 0. The molecule has 0 N–H and O–H groups in total.